The number of hydrogen-bond donors (Lipinski definition) is 0. The minimum Gasteiger partial charge on any atom is -0.469 e. The molecule has 1 aliphatic rings. The van der Waals surface area contributed by atoms with Crippen LogP contribution in [-0.2, 0) is 23.8 Å². The van der Waals surface area contributed by atoms with E-state index in [1.807, 2.05) is 0 Å². The fourth-order valence-electron chi connectivity index (χ4n) is 3.91. The Morgan fingerprint density at radius 3 is 2.28 bits per heavy atom. The van der Waals surface area contributed by atoms with Crippen LogP contribution in [0.3, 0.4) is 0 Å². The number of esters is 3. The van der Waals surface area contributed by atoms with Crippen LogP contribution in [0, 0.1) is 10.1 Å². The molecule has 0 N–H and O–H groups in total. The zero-order valence-electron chi connectivity index (χ0n) is 18.7. The number of methoxy groups -OCH3 is 3. The fourth-order valence-corrected chi connectivity index (χ4v) is 3.91. The molecular formula is C20H25N3O9. The molecule has 0 spiro atoms. The van der Waals surface area contributed by atoms with Crippen molar-refractivity contribution >= 4 is 29.2 Å². The molecule has 1 aromatic rings. The summed E-state index contributed by atoms with van der Waals surface area (Å²) in [4.78, 5) is 63.8. The number of ether oxygens (including phenoxy) is 3. The zero-order chi connectivity index (χ0) is 24.3. The maximum Gasteiger partial charge on any atom is 0.340 e. The van der Waals surface area contributed by atoms with E-state index in [2.05, 4.69) is 0 Å². The van der Waals surface area contributed by atoms with E-state index in [-0.39, 0.29) is 24.1 Å². The third-order valence-electron chi connectivity index (χ3n) is 5.15. The lowest BCUT2D eigenvalue weighted by Gasteiger charge is -2.20. The number of nitrogens with zero attached hydrogens (tertiary/aromatic N) is 3. The third-order valence-corrected chi connectivity index (χ3v) is 5.15. The Kier molecular flexibility index (Phi) is 7.39. The molecule has 0 aromatic carbocycles. The van der Waals surface area contributed by atoms with Crippen molar-refractivity contribution < 1.29 is 33.5 Å². The SMILES string of the molecule is CCC(C(=O)OC)c1c(C(=O)OC)c2n(c(=O)c1[N+](=O)[O-])C(C(=O)OC)C/C2=C\N(C)C. The van der Waals surface area contributed by atoms with Gasteiger partial charge in [-0.1, -0.05) is 6.92 Å². The van der Waals surface area contributed by atoms with Crippen LogP contribution in [0.4, 0.5) is 5.69 Å². The smallest absolute Gasteiger partial charge is 0.340 e. The van der Waals surface area contributed by atoms with E-state index in [4.69, 9.17) is 14.2 Å². The lowest BCUT2D eigenvalue weighted by atomic mass is 9.88. The predicted molar refractivity (Wildman–Crippen MR) is 111 cm³/mol. The minimum atomic E-state index is -1.29. The molecule has 32 heavy (non-hydrogen) atoms. The van der Waals surface area contributed by atoms with E-state index in [0.29, 0.717) is 5.57 Å². The van der Waals surface area contributed by atoms with Crippen molar-refractivity contribution in [1.29, 1.82) is 0 Å². The number of hydrogen-bond acceptors (Lipinski definition) is 10. The molecule has 12 heteroatoms. The van der Waals surface area contributed by atoms with Gasteiger partial charge in [-0.15, -0.1) is 0 Å². The van der Waals surface area contributed by atoms with Crippen LogP contribution in [0.15, 0.2) is 11.0 Å². The second kappa shape index (κ2) is 9.62. The average molecular weight is 451 g/mol. The topological polar surface area (TPSA) is 147 Å². The van der Waals surface area contributed by atoms with Crippen LogP contribution in [0.1, 0.15) is 53.3 Å². The molecule has 0 saturated heterocycles. The van der Waals surface area contributed by atoms with Gasteiger partial charge in [-0.25, -0.2) is 9.59 Å². The van der Waals surface area contributed by atoms with E-state index < -0.39 is 51.6 Å². The Balaban J connectivity index is 3.19. The molecule has 0 fully saturated rings. The molecule has 2 unspecified atom stereocenters. The summed E-state index contributed by atoms with van der Waals surface area (Å²) in [6, 6.07) is -1.23. The quantitative estimate of drug-likeness (QED) is 0.256. The van der Waals surface area contributed by atoms with Crippen LogP contribution in [0.5, 0.6) is 0 Å². The Morgan fingerprint density at radius 1 is 1.22 bits per heavy atom. The molecule has 1 aliphatic heterocycles. The molecule has 0 radical (unpaired) electrons. The number of nitro groups is 1. The summed E-state index contributed by atoms with van der Waals surface area (Å²) in [5, 5.41) is 12.0. The predicted octanol–water partition coefficient (Wildman–Crippen LogP) is 1.23. The number of aromatic nitrogens is 1. The molecule has 2 heterocycles. The molecule has 2 atom stereocenters. The normalized spacial score (nSPS) is 16.8. The lowest BCUT2D eigenvalue weighted by molar-refractivity contribution is -0.387. The van der Waals surface area contributed by atoms with Gasteiger partial charge in [0.15, 0.2) is 0 Å². The molecule has 0 saturated carbocycles. The first-order valence-corrected chi connectivity index (χ1v) is 9.63. The molecule has 12 nitrogen and oxygen atoms in total. The van der Waals surface area contributed by atoms with Gasteiger partial charge in [-0.3, -0.25) is 24.3 Å². The van der Waals surface area contributed by atoms with Crippen LogP contribution in [0.25, 0.3) is 5.57 Å². The molecule has 0 bridgehead atoms. The second-order valence-electron chi connectivity index (χ2n) is 7.25. The number of carbonyl (C=O) groups excluding carboxylic acids is 3. The summed E-state index contributed by atoms with van der Waals surface area (Å²) in [6.45, 7) is 1.56. The molecule has 2 rings (SSSR count). The van der Waals surface area contributed by atoms with Gasteiger partial charge >= 0.3 is 29.2 Å². The number of fused-ring (bicyclic) bond motifs is 1. The molecule has 0 amide bonds. The first-order chi connectivity index (χ1) is 15.0. The Bertz CT molecular complexity index is 1060. The van der Waals surface area contributed by atoms with Gasteiger partial charge in [-0.05, 0) is 12.0 Å². The second-order valence-corrected chi connectivity index (χ2v) is 7.25. The average Bonchev–Trinajstić information content (AvgIpc) is 3.11. The highest BCUT2D eigenvalue weighted by molar-refractivity contribution is 6.01. The van der Waals surface area contributed by atoms with Crippen molar-refractivity contribution in [3.05, 3.63) is 43.5 Å². The number of allylic oxidation sites excluding steroid dienone is 1. The monoisotopic (exact) mass is 451 g/mol. The fraction of sp³-hybridized carbons (Fsp3) is 0.500. The molecular weight excluding hydrogens is 426 g/mol. The lowest BCUT2D eigenvalue weighted by Crippen LogP contribution is -2.34. The van der Waals surface area contributed by atoms with E-state index in [0.717, 1.165) is 25.9 Å². The van der Waals surface area contributed by atoms with E-state index >= 15 is 0 Å². The molecule has 1 aromatic heterocycles. The summed E-state index contributed by atoms with van der Waals surface area (Å²) in [5.74, 6) is -3.95. The van der Waals surface area contributed by atoms with E-state index in [1.54, 1.807) is 32.1 Å². The van der Waals surface area contributed by atoms with Crippen molar-refractivity contribution in [2.45, 2.75) is 31.7 Å². The number of rotatable bonds is 7. The zero-order valence-corrected chi connectivity index (χ0v) is 18.7. The van der Waals surface area contributed by atoms with Gasteiger partial charge in [0.25, 0.3) is 0 Å². The van der Waals surface area contributed by atoms with Crippen molar-refractivity contribution in [2.24, 2.45) is 0 Å². The van der Waals surface area contributed by atoms with Crippen molar-refractivity contribution in [3.8, 4) is 0 Å². The Hall–Kier alpha value is -3.70. The maximum absolute atomic E-state index is 13.3. The van der Waals surface area contributed by atoms with E-state index in [9.17, 15) is 29.3 Å². The summed E-state index contributed by atoms with van der Waals surface area (Å²) in [6.07, 6.45) is 1.53. The van der Waals surface area contributed by atoms with Crippen molar-refractivity contribution in [3.63, 3.8) is 0 Å². The maximum atomic E-state index is 13.3. The first-order valence-electron chi connectivity index (χ1n) is 9.63. The van der Waals surface area contributed by atoms with Gasteiger partial charge in [-0.2, -0.15) is 0 Å². The van der Waals surface area contributed by atoms with Gasteiger partial charge in [0.1, 0.15) is 6.04 Å². The van der Waals surface area contributed by atoms with Crippen molar-refractivity contribution in [2.75, 3.05) is 35.4 Å². The molecule has 174 valence electrons. The summed E-state index contributed by atoms with van der Waals surface area (Å²) >= 11 is 0. The number of pyridine rings is 1. The minimum absolute atomic E-state index is 0.00750. The summed E-state index contributed by atoms with van der Waals surface area (Å²) in [7, 11) is 6.67. The molecule has 0 aliphatic carbocycles. The third kappa shape index (κ3) is 4.07. The summed E-state index contributed by atoms with van der Waals surface area (Å²) < 4.78 is 15.3. The van der Waals surface area contributed by atoms with Gasteiger partial charge in [0.2, 0.25) is 0 Å². The van der Waals surface area contributed by atoms with Gasteiger partial charge < -0.3 is 19.1 Å². The Morgan fingerprint density at radius 2 is 1.84 bits per heavy atom. The number of carbonyl (C=O) groups is 3. The van der Waals surface area contributed by atoms with Crippen LogP contribution in [-0.4, -0.2) is 67.7 Å². The summed E-state index contributed by atoms with van der Waals surface area (Å²) in [5.41, 5.74) is -2.52. The highest BCUT2D eigenvalue weighted by atomic mass is 16.6. The van der Waals surface area contributed by atoms with Crippen LogP contribution >= 0.6 is 0 Å². The Labute approximate surface area is 183 Å². The van der Waals surface area contributed by atoms with Gasteiger partial charge in [0, 0.05) is 26.7 Å². The van der Waals surface area contributed by atoms with Crippen LogP contribution < -0.4 is 5.56 Å². The van der Waals surface area contributed by atoms with Crippen molar-refractivity contribution in [1.82, 2.24) is 9.47 Å². The van der Waals surface area contributed by atoms with E-state index in [1.165, 1.54) is 0 Å². The standard InChI is InChI=1S/C20H25N3O9/c1-7-11(18(25)30-4)13-14(20(27)32-6)15-10(9-21(2)3)8-12(19(26)31-5)22(15)17(24)16(13)23(28)29/h9,11-12H,7-8H2,1-6H3/b10-9+. The highest BCUT2D eigenvalue weighted by Gasteiger charge is 2.45. The van der Waals surface area contributed by atoms with Gasteiger partial charge in [0.05, 0.1) is 49.0 Å². The van der Waals surface area contributed by atoms with Crippen LogP contribution in [0.2, 0.25) is 0 Å². The first kappa shape index (κ1) is 24.6. The highest BCUT2D eigenvalue weighted by Crippen LogP contribution is 2.42. The largest absolute Gasteiger partial charge is 0.469 e.